The van der Waals surface area contributed by atoms with Crippen LogP contribution in [0.2, 0.25) is 0 Å². The Morgan fingerprint density at radius 2 is 1.71 bits per heavy atom. The third-order valence-corrected chi connectivity index (χ3v) is 3.85. The van der Waals surface area contributed by atoms with Crippen molar-refractivity contribution in [2.45, 2.75) is 26.7 Å². The quantitative estimate of drug-likeness (QED) is 0.848. The molecule has 24 heavy (non-hydrogen) atoms. The smallest absolute Gasteiger partial charge is 0.228 e. The Kier molecular flexibility index (Phi) is 5.85. The first-order valence-electron chi connectivity index (χ1n) is 8.23. The van der Waals surface area contributed by atoms with Gasteiger partial charge >= 0.3 is 0 Å². The van der Waals surface area contributed by atoms with E-state index < -0.39 is 0 Å². The van der Waals surface area contributed by atoms with E-state index in [1.807, 2.05) is 55.4 Å². The van der Waals surface area contributed by atoms with Gasteiger partial charge in [0.15, 0.2) is 0 Å². The van der Waals surface area contributed by atoms with Gasteiger partial charge in [0, 0.05) is 31.0 Å². The predicted molar refractivity (Wildman–Crippen MR) is 99.8 cm³/mol. The van der Waals surface area contributed by atoms with Gasteiger partial charge in [0.1, 0.15) is 5.75 Å². The maximum atomic E-state index is 12.3. The average molecular weight is 326 g/mol. The Bertz CT molecular complexity index is 691. The number of phenolic OH excluding ortho intramolecular Hbond substituents is 1. The van der Waals surface area contributed by atoms with Gasteiger partial charge in [0.05, 0.1) is 6.42 Å². The van der Waals surface area contributed by atoms with Gasteiger partial charge in [-0.15, -0.1) is 0 Å². The third-order valence-electron chi connectivity index (χ3n) is 3.85. The number of carbonyl (C=O) groups excluding carboxylic acids is 1. The fraction of sp³-hybridized carbons (Fsp3) is 0.350. The van der Waals surface area contributed by atoms with Crippen molar-refractivity contribution in [1.82, 2.24) is 0 Å². The van der Waals surface area contributed by atoms with E-state index in [1.165, 1.54) is 0 Å². The minimum absolute atomic E-state index is 0.135. The molecule has 0 fully saturated rings. The van der Waals surface area contributed by atoms with E-state index >= 15 is 0 Å². The van der Waals surface area contributed by atoms with Gasteiger partial charge in [-0.2, -0.15) is 0 Å². The number of hydrogen-bond acceptors (Lipinski definition) is 3. The topological polar surface area (TPSA) is 52.6 Å². The normalized spacial score (nSPS) is 10.7. The molecule has 2 aromatic rings. The summed E-state index contributed by atoms with van der Waals surface area (Å²) in [5, 5.41) is 13.2. The Hall–Kier alpha value is -2.49. The van der Waals surface area contributed by atoms with Crippen LogP contribution in [0.5, 0.6) is 5.75 Å². The van der Waals surface area contributed by atoms with Crippen molar-refractivity contribution in [2.75, 3.05) is 24.3 Å². The summed E-state index contributed by atoms with van der Waals surface area (Å²) in [4.78, 5) is 14.3. The standard InChI is InChI=1S/C20H26N2O2/c1-14(2)12-15-6-5-7-16(20(15)24)13-19(23)21-17-8-10-18(11-9-17)22(3)4/h5-11,14,24H,12-13H2,1-4H3,(H,21,23). The van der Waals surface area contributed by atoms with Crippen molar-refractivity contribution >= 4 is 17.3 Å². The first kappa shape index (κ1) is 17.9. The molecule has 0 aliphatic rings. The molecular formula is C20H26N2O2. The maximum absolute atomic E-state index is 12.3. The molecule has 128 valence electrons. The van der Waals surface area contributed by atoms with Crippen molar-refractivity contribution in [2.24, 2.45) is 5.92 Å². The van der Waals surface area contributed by atoms with Gasteiger partial charge < -0.3 is 15.3 Å². The summed E-state index contributed by atoms with van der Waals surface area (Å²) in [6.45, 7) is 4.21. The van der Waals surface area contributed by atoms with Crippen LogP contribution in [-0.2, 0) is 17.6 Å². The molecule has 0 aliphatic carbocycles. The van der Waals surface area contributed by atoms with Crippen molar-refractivity contribution in [3.8, 4) is 5.75 Å². The fourth-order valence-electron chi connectivity index (χ4n) is 2.61. The fourth-order valence-corrected chi connectivity index (χ4v) is 2.61. The SMILES string of the molecule is CC(C)Cc1cccc(CC(=O)Nc2ccc(N(C)C)cc2)c1O. The molecule has 4 heteroatoms. The van der Waals surface area contributed by atoms with E-state index in [-0.39, 0.29) is 18.1 Å². The van der Waals surface area contributed by atoms with Crippen LogP contribution < -0.4 is 10.2 Å². The molecule has 0 heterocycles. The number of carbonyl (C=O) groups is 1. The molecule has 0 aromatic heterocycles. The molecule has 1 amide bonds. The highest BCUT2D eigenvalue weighted by molar-refractivity contribution is 5.92. The summed E-state index contributed by atoms with van der Waals surface area (Å²) < 4.78 is 0. The highest BCUT2D eigenvalue weighted by Crippen LogP contribution is 2.25. The van der Waals surface area contributed by atoms with E-state index in [1.54, 1.807) is 6.07 Å². The van der Waals surface area contributed by atoms with Crippen LogP contribution in [0.25, 0.3) is 0 Å². The lowest BCUT2D eigenvalue weighted by molar-refractivity contribution is -0.115. The number of hydrogen-bond donors (Lipinski definition) is 2. The highest BCUT2D eigenvalue weighted by Gasteiger charge is 2.12. The molecule has 0 aliphatic heterocycles. The lowest BCUT2D eigenvalue weighted by Crippen LogP contribution is -2.15. The average Bonchev–Trinajstić information content (AvgIpc) is 2.51. The van der Waals surface area contributed by atoms with Gasteiger partial charge in [-0.3, -0.25) is 4.79 Å². The van der Waals surface area contributed by atoms with Gasteiger partial charge in [-0.05, 0) is 42.2 Å². The molecule has 0 atom stereocenters. The summed E-state index contributed by atoms with van der Waals surface area (Å²) >= 11 is 0. The number of nitrogens with zero attached hydrogens (tertiary/aromatic N) is 1. The van der Waals surface area contributed by atoms with E-state index in [9.17, 15) is 9.90 Å². The summed E-state index contributed by atoms with van der Waals surface area (Å²) in [5.74, 6) is 0.559. The van der Waals surface area contributed by atoms with Crippen molar-refractivity contribution in [3.05, 3.63) is 53.6 Å². The van der Waals surface area contributed by atoms with Crippen LogP contribution >= 0.6 is 0 Å². The van der Waals surface area contributed by atoms with Crippen LogP contribution in [0.4, 0.5) is 11.4 Å². The van der Waals surface area contributed by atoms with Crippen LogP contribution in [0.15, 0.2) is 42.5 Å². The summed E-state index contributed by atoms with van der Waals surface area (Å²) in [5.41, 5.74) is 3.39. The van der Waals surface area contributed by atoms with Gasteiger partial charge in [0.25, 0.3) is 0 Å². The van der Waals surface area contributed by atoms with Crippen LogP contribution in [0.3, 0.4) is 0 Å². The van der Waals surface area contributed by atoms with Crippen molar-refractivity contribution in [3.63, 3.8) is 0 Å². The lowest BCUT2D eigenvalue weighted by atomic mass is 9.98. The molecule has 0 bridgehead atoms. The first-order valence-corrected chi connectivity index (χ1v) is 8.23. The zero-order valence-electron chi connectivity index (χ0n) is 14.8. The third kappa shape index (κ3) is 4.75. The second-order valence-corrected chi connectivity index (χ2v) is 6.69. The molecule has 0 unspecified atom stereocenters. The van der Waals surface area contributed by atoms with Gasteiger partial charge in [0.2, 0.25) is 5.91 Å². The number of amides is 1. The van der Waals surface area contributed by atoms with Crippen LogP contribution in [-0.4, -0.2) is 25.1 Å². The van der Waals surface area contributed by atoms with Gasteiger partial charge in [-0.25, -0.2) is 0 Å². The number of anilines is 2. The van der Waals surface area contributed by atoms with Crippen LogP contribution in [0.1, 0.15) is 25.0 Å². The first-order chi connectivity index (χ1) is 11.4. The number of phenols is 1. The molecular weight excluding hydrogens is 300 g/mol. The largest absolute Gasteiger partial charge is 0.507 e. The number of para-hydroxylation sites is 1. The highest BCUT2D eigenvalue weighted by atomic mass is 16.3. The van der Waals surface area contributed by atoms with Gasteiger partial charge in [-0.1, -0.05) is 32.0 Å². The van der Waals surface area contributed by atoms with E-state index in [0.29, 0.717) is 11.5 Å². The molecule has 0 saturated heterocycles. The summed E-state index contributed by atoms with van der Waals surface area (Å²) in [6.07, 6.45) is 0.959. The summed E-state index contributed by atoms with van der Waals surface area (Å²) in [6, 6.07) is 13.3. The Labute approximate surface area is 144 Å². The molecule has 2 aromatic carbocycles. The minimum Gasteiger partial charge on any atom is -0.507 e. The predicted octanol–water partition coefficient (Wildman–Crippen LogP) is 3.84. The minimum atomic E-state index is -0.135. The second kappa shape index (κ2) is 7.86. The van der Waals surface area contributed by atoms with Crippen molar-refractivity contribution in [1.29, 1.82) is 0 Å². The van der Waals surface area contributed by atoms with Crippen molar-refractivity contribution < 1.29 is 9.90 Å². The lowest BCUT2D eigenvalue weighted by Gasteiger charge is -2.14. The molecule has 0 spiro atoms. The maximum Gasteiger partial charge on any atom is 0.228 e. The van der Waals surface area contributed by atoms with E-state index in [2.05, 4.69) is 19.2 Å². The zero-order chi connectivity index (χ0) is 17.7. The van der Waals surface area contributed by atoms with Crippen LogP contribution in [0, 0.1) is 5.92 Å². The monoisotopic (exact) mass is 326 g/mol. The summed E-state index contributed by atoms with van der Waals surface area (Å²) in [7, 11) is 3.95. The zero-order valence-corrected chi connectivity index (χ0v) is 14.8. The van der Waals surface area contributed by atoms with E-state index in [4.69, 9.17) is 0 Å². The molecule has 0 radical (unpaired) electrons. The molecule has 2 N–H and O–H groups in total. The Morgan fingerprint density at radius 3 is 2.29 bits per heavy atom. The number of aromatic hydroxyl groups is 1. The second-order valence-electron chi connectivity index (χ2n) is 6.69. The number of rotatable bonds is 6. The Morgan fingerprint density at radius 1 is 1.08 bits per heavy atom. The van der Waals surface area contributed by atoms with E-state index in [0.717, 1.165) is 23.4 Å². The Balaban J connectivity index is 2.04. The number of nitrogens with one attached hydrogen (secondary N) is 1. The molecule has 0 saturated carbocycles. The molecule has 2 rings (SSSR count). The number of benzene rings is 2. The molecule has 4 nitrogen and oxygen atoms in total.